The number of nitrogens with zero attached hydrogens (tertiary/aromatic N) is 6. The van der Waals surface area contributed by atoms with Gasteiger partial charge in [-0.05, 0) is 226 Å². The lowest BCUT2D eigenvalue weighted by molar-refractivity contribution is -0.155. The molecule has 0 bridgehead atoms. The number of benzene rings is 4. The molecule has 14 heteroatoms. The molecule has 4 saturated heterocycles. The molecule has 0 spiro atoms. The van der Waals surface area contributed by atoms with E-state index in [1.807, 2.05) is 52.0 Å². The normalized spacial score (nSPS) is 24.3. The largest absolute Gasteiger partial charge is 0.431 e. The average Bonchev–Trinajstić information content (AvgIpc) is 4.27. The van der Waals surface area contributed by atoms with E-state index in [4.69, 9.17) is 8.37 Å². The van der Waals surface area contributed by atoms with Crippen LogP contribution in [-0.4, -0.2) is 122 Å². The Kier molecular flexibility index (Phi) is 16.2. The minimum absolute atomic E-state index is 0.318. The summed E-state index contributed by atoms with van der Waals surface area (Å²) in [5, 5.41) is 3.48. The molecule has 0 N–H and O–H groups in total. The van der Waals surface area contributed by atoms with Crippen LogP contribution in [0.2, 0.25) is 0 Å². The van der Waals surface area contributed by atoms with Crippen molar-refractivity contribution in [3.05, 3.63) is 140 Å². The van der Waals surface area contributed by atoms with Crippen molar-refractivity contribution in [1.29, 1.82) is 0 Å². The van der Waals surface area contributed by atoms with Crippen molar-refractivity contribution in [1.82, 2.24) is 19.6 Å². The van der Waals surface area contributed by atoms with Gasteiger partial charge in [-0.15, -0.1) is 0 Å². The number of anilines is 2. The number of likely N-dealkylation sites (tertiary alicyclic amines) is 4. The molecule has 2 amide bonds. The van der Waals surface area contributed by atoms with Crippen LogP contribution in [0.5, 0.6) is 0 Å². The molecule has 6 aliphatic heterocycles. The maximum Gasteiger partial charge on any atom is 0.431 e. The summed E-state index contributed by atoms with van der Waals surface area (Å²) < 4.78 is 17.2. The molecule has 0 radical (unpaired) electrons. The molecule has 2 unspecified atom stereocenters. The third-order valence-electron chi connectivity index (χ3n) is 15.9. The highest BCUT2D eigenvalue weighted by Crippen LogP contribution is 2.69. The fourth-order valence-corrected chi connectivity index (χ4v) is 17.7. The third kappa shape index (κ3) is 11.2. The summed E-state index contributed by atoms with van der Waals surface area (Å²) in [4.78, 5) is 72.0. The van der Waals surface area contributed by atoms with Gasteiger partial charge >= 0.3 is 11.9 Å². The molecule has 4 aromatic carbocycles. The van der Waals surface area contributed by atoms with Crippen LogP contribution in [0.3, 0.4) is 0 Å². The Bertz CT molecular complexity index is 2620. The van der Waals surface area contributed by atoms with Gasteiger partial charge in [0.25, 0.3) is 11.8 Å². The molecule has 394 valence electrons. The molecular weight excluding hydrogens is 965 g/mol. The maximum atomic E-state index is 15.5. The van der Waals surface area contributed by atoms with Gasteiger partial charge in [-0.2, -0.15) is 0 Å². The van der Waals surface area contributed by atoms with Crippen molar-refractivity contribution >= 4 is 56.1 Å². The number of hydrogen-bond acceptors (Lipinski definition) is 10. The van der Waals surface area contributed by atoms with Crippen molar-refractivity contribution in [3.8, 4) is 0 Å². The minimum Gasteiger partial charge on any atom is -0.379 e. The van der Waals surface area contributed by atoms with E-state index in [1.165, 1.54) is 37.8 Å². The molecule has 0 aliphatic carbocycles. The maximum absolute atomic E-state index is 15.5. The van der Waals surface area contributed by atoms with E-state index in [0.717, 1.165) is 149 Å². The molecular formula is C60H76N6O6S2. The highest BCUT2D eigenvalue weighted by atomic mass is 32.3. The summed E-state index contributed by atoms with van der Waals surface area (Å²) in [7, 11) is -6.47. The van der Waals surface area contributed by atoms with Gasteiger partial charge in [0.1, 0.15) is 0 Å². The number of amides is 2. The molecule has 4 aromatic rings. The van der Waals surface area contributed by atoms with Crippen molar-refractivity contribution in [2.45, 2.75) is 115 Å². The van der Waals surface area contributed by atoms with Gasteiger partial charge < -0.3 is 28.0 Å². The lowest BCUT2D eigenvalue weighted by atomic mass is 10.1. The number of carbonyl (C=O) groups is 4. The minimum atomic E-state index is -3.24. The molecule has 10 rings (SSSR count). The van der Waals surface area contributed by atoms with E-state index in [0.29, 0.717) is 46.8 Å². The van der Waals surface area contributed by atoms with E-state index in [1.54, 1.807) is 19.4 Å². The van der Waals surface area contributed by atoms with Gasteiger partial charge in [-0.1, -0.05) is 48.5 Å². The van der Waals surface area contributed by atoms with E-state index >= 15 is 9.59 Å². The van der Waals surface area contributed by atoms with Crippen LogP contribution in [0.4, 0.5) is 11.4 Å². The van der Waals surface area contributed by atoms with Gasteiger partial charge in [-0.25, -0.2) is 18.2 Å². The summed E-state index contributed by atoms with van der Waals surface area (Å²) >= 11 is 0. The lowest BCUT2D eigenvalue weighted by Crippen LogP contribution is -2.37. The highest BCUT2D eigenvalue weighted by molar-refractivity contribution is 8.35. The first-order chi connectivity index (χ1) is 35.9. The van der Waals surface area contributed by atoms with E-state index < -0.39 is 32.9 Å². The van der Waals surface area contributed by atoms with Crippen LogP contribution in [0.1, 0.15) is 95.9 Å². The molecule has 6 heterocycles. The van der Waals surface area contributed by atoms with Crippen molar-refractivity contribution in [2.75, 3.05) is 87.1 Å². The quantitative estimate of drug-likeness (QED) is 0.0895. The number of rotatable bonds is 18. The van der Waals surface area contributed by atoms with Gasteiger partial charge in [0, 0.05) is 70.1 Å². The zero-order chi connectivity index (χ0) is 51.4. The predicted molar refractivity (Wildman–Crippen MR) is 299 cm³/mol. The molecule has 6 aliphatic rings. The van der Waals surface area contributed by atoms with Crippen LogP contribution in [0.25, 0.3) is 0 Å². The second-order valence-corrected chi connectivity index (χ2v) is 26.2. The SMILES string of the molecule is Cc1ccc(CCN2CCCC2)c(N2C(=O)C=CS2(OC(=O)C(=O)OS2(c3cc(C)ccc3CCN3CCCC3)C=CC(=O)N2c2cc(C)ccc2CCN2CCCC2)c2cc(C)ccc2CCN2CCCC2)c1. The summed E-state index contributed by atoms with van der Waals surface area (Å²) in [5.41, 5.74) is 8.98. The standard InChI is InChI=1S/C60H76N6O6S2/c1-45-13-17-49(21-35-61-27-5-6-28-61)53(41-45)65-57(67)25-39-73(65,55-43-47(3)15-19-51(55)23-37-63-31-9-10-32-63)71-59(69)60(70)72-74(56-44-48(4)16-20-52(56)24-38-64-33-11-12-34-64)40-26-58(68)66(74)54-42-46(2)14-18-50(54)22-36-62-29-7-8-30-62/h13-20,25-26,39-44H,5-12,21-24,27-38H2,1-4H3. The lowest BCUT2D eigenvalue weighted by Gasteiger charge is -2.44. The van der Waals surface area contributed by atoms with E-state index in [-0.39, 0.29) is 11.8 Å². The first-order valence-corrected chi connectivity index (χ1v) is 30.5. The van der Waals surface area contributed by atoms with Crippen LogP contribution < -0.4 is 8.61 Å². The van der Waals surface area contributed by atoms with Crippen molar-refractivity contribution in [2.24, 2.45) is 0 Å². The molecule has 0 aromatic heterocycles. The average molecular weight is 1040 g/mol. The number of aryl methyl sites for hydroxylation is 4. The molecule has 4 fully saturated rings. The first-order valence-electron chi connectivity index (χ1n) is 27.4. The van der Waals surface area contributed by atoms with Crippen molar-refractivity contribution in [3.63, 3.8) is 0 Å². The fourth-order valence-electron chi connectivity index (χ4n) is 11.8. The third-order valence-corrected chi connectivity index (χ3v) is 21.6. The van der Waals surface area contributed by atoms with Gasteiger partial charge in [-0.3, -0.25) is 9.59 Å². The Morgan fingerprint density at radius 3 is 1.03 bits per heavy atom. The predicted octanol–water partition coefficient (Wildman–Crippen LogP) is 10.4. The fraction of sp³-hybridized carbons (Fsp3) is 0.467. The van der Waals surface area contributed by atoms with Crippen LogP contribution in [0.15, 0.2) is 106 Å². The Hall–Kier alpha value is -5.22. The zero-order valence-electron chi connectivity index (χ0n) is 44.2. The second-order valence-electron chi connectivity index (χ2n) is 21.4. The smallest absolute Gasteiger partial charge is 0.379 e. The van der Waals surface area contributed by atoms with Crippen molar-refractivity contribution < 1.29 is 27.5 Å². The Balaban J connectivity index is 1.07. The van der Waals surface area contributed by atoms with Gasteiger partial charge in [0.15, 0.2) is 0 Å². The topological polar surface area (TPSA) is 106 Å². The Labute approximate surface area is 443 Å². The first kappa shape index (κ1) is 52.2. The Morgan fingerprint density at radius 1 is 0.419 bits per heavy atom. The molecule has 2 atom stereocenters. The van der Waals surface area contributed by atoms with Crippen LogP contribution in [-0.2, 0) is 53.2 Å². The highest BCUT2D eigenvalue weighted by Gasteiger charge is 2.50. The summed E-state index contributed by atoms with van der Waals surface area (Å²) in [6.07, 6.45) is 15.0. The van der Waals surface area contributed by atoms with Gasteiger partial charge in [0.05, 0.1) is 21.2 Å². The van der Waals surface area contributed by atoms with Crippen LogP contribution in [0, 0.1) is 27.7 Å². The molecule has 74 heavy (non-hydrogen) atoms. The monoisotopic (exact) mass is 1040 g/mol. The van der Waals surface area contributed by atoms with E-state index in [2.05, 4.69) is 68.1 Å². The van der Waals surface area contributed by atoms with Crippen LogP contribution >= 0.6 is 21.0 Å². The van der Waals surface area contributed by atoms with Gasteiger partial charge in [0.2, 0.25) is 0 Å². The summed E-state index contributed by atoms with van der Waals surface area (Å²) in [6, 6.07) is 24.8. The number of carbonyl (C=O) groups excluding carboxylic acids is 4. The number of hydrogen-bond donors (Lipinski definition) is 0. The van der Waals surface area contributed by atoms with E-state index in [9.17, 15) is 9.59 Å². The molecule has 12 nitrogen and oxygen atoms in total. The zero-order valence-corrected chi connectivity index (χ0v) is 45.8. The molecule has 0 saturated carbocycles. The summed E-state index contributed by atoms with van der Waals surface area (Å²) in [5.74, 6) is -3.07. The Morgan fingerprint density at radius 2 is 0.703 bits per heavy atom. The second kappa shape index (κ2) is 22.9. The summed E-state index contributed by atoms with van der Waals surface area (Å²) in [6.45, 7) is 19.6.